The molecular weight excluding hydrogens is 624 g/mol. The van der Waals surface area contributed by atoms with Gasteiger partial charge >= 0.3 is 17.9 Å². The van der Waals surface area contributed by atoms with Gasteiger partial charge in [0, 0.05) is 17.3 Å². The first kappa shape index (κ1) is 34.8. The van der Waals surface area contributed by atoms with Crippen molar-refractivity contribution in [3.05, 3.63) is 95.1 Å². The van der Waals surface area contributed by atoms with Crippen LogP contribution in [0.5, 0.6) is 0 Å². The molecule has 2 aromatic rings. The number of ether oxygens (including phenoxy) is 3. The zero-order chi connectivity index (χ0) is 35.7. The van der Waals surface area contributed by atoms with Crippen LogP contribution in [0.1, 0.15) is 75.6 Å². The van der Waals surface area contributed by atoms with Crippen molar-refractivity contribution in [1.29, 1.82) is 0 Å². The Morgan fingerprint density at radius 2 is 1.49 bits per heavy atom. The topological polar surface area (TPSA) is 136 Å². The number of carbonyl (C=O) groups is 4. The van der Waals surface area contributed by atoms with Gasteiger partial charge in [-0.05, 0) is 67.5 Å². The van der Waals surface area contributed by atoms with E-state index in [1.54, 1.807) is 101 Å². The molecule has 6 rings (SSSR count). The minimum atomic E-state index is -2.23. The average molecular weight is 671 g/mol. The summed E-state index contributed by atoms with van der Waals surface area (Å²) in [4.78, 5) is 55.5. The van der Waals surface area contributed by atoms with Gasteiger partial charge in [-0.3, -0.25) is 9.59 Å². The Morgan fingerprint density at radius 3 is 2.06 bits per heavy atom. The summed E-state index contributed by atoms with van der Waals surface area (Å²) in [5.41, 5.74) is -4.73. The summed E-state index contributed by atoms with van der Waals surface area (Å²) in [6.45, 7) is 12.4. The molecule has 9 heteroatoms. The lowest BCUT2D eigenvalue weighted by Gasteiger charge is -2.49. The van der Waals surface area contributed by atoms with Crippen LogP contribution < -0.4 is 0 Å². The smallest absolute Gasteiger partial charge is 0.338 e. The van der Waals surface area contributed by atoms with Crippen LogP contribution in [0.2, 0.25) is 0 Å². The zero-order valence-electron chi connectivity index (χ0n) is 29.1. The first-order valence-corrected chi connectivity index (χ1v) is 17.1. The van der Waals surface area contributed by atoms with Gasteiger partial charge in [0.2, 0.25) is 0 Å². The van der Waals surface area contributed by atoms with E-state index in [0.29, 0.717) is 22.3 Å². The van der Waals surface area contributed by atoms with Gasteiger partial charge in [-0.1, -0.05) is 83.2 Å². The van der Waals surface area contributed by atoms with E-state index in [9.17, 15) is 24.6 Å². The molecule has 0 aliphatic heterocycles. The van der Waals surface area contributed by atoms with E-state index in [4.69, 9.17) is 14.2 Å². The predicted octanol–water partition coefficient (Wildman–Crippen LogP) is 5.50. The molecule has 9 nitrogen and oxygen atoms in total. The normalized spacial score (nSPS) is 36.6. The Balaban J connectivity index is 1.45. The zero-order valence-corrected chi connectivity index (χ0v) is 29.1. The summed E-state index contributed by atoms with van der Waals surface area (Å²) in [7, 11) is 0. The third-order valence-electron chi connectivity index (χ3n) is 12.2. The number of aliphatic hydroxyl groups excluding tert-OH is 1. The second-order valence-electron chi connectivity index (χ2n) is 15.2. The maximum absolute atomic E-state index is 15.2. The van der Waals surface area contributed by atoms with Crippen molar-refractivity contribution in [2.45, 2.75) is 78.3 Å². The highest BCUT2D eigenvalue weighted by molar-refractivity contribution is 5.96. The molecule has 49 heavy (non-hydrogen) atoms. The number of hydrogen-bond acceptors (Lipinski definition) is 9. The van der Waals surface area contributed by atoms with E-state index >= 15 is 4.79 Å². The minimum absolute atomic E-state index is 0.0368. The highest BCUT2D eigenvalue weighted by atomic mass is 16.6. The molecule has 2 aromatic carbocycles. The van der Waals surface area contributed by atoms with Gasteiger partial charge in [0.25, 0.3) is 0 Å². The molecule has 10 atom stereocenters. The van der Waals surface area contributed by atoms with Gasteiger partial charge in [0.05, 0.1) is 22.5 Å². The first-order chi connectivity index (χ1) is 23.1. The Hall–Kier alpha value is -4.08. The fourth-order valence-corrected chi connectivity index (χ4v) is 9.06. The van der Waals surface area contributed by atoms with Crippen LogP contribution in [0.3, 0.4) is 0 Å². The number of benzene rings is 2. The van der Waals surface area contributed by atoms with Crippen molar-refractivity contribution in [3.63, 3.8) is 0 Å². The summed E-state index contributed by atoms with van der Waals surface area (Å²) in [5, 5.41) is 24.8. The maximum Gasteiger partial charge on any atom is 0.338 e. The quantitative estimate of drug-likeness (QED) is 0.212. The number of rotatable bonds is 8. The van der Waals surface area contributed by atoms with Crippen molar-refractivity contribution in [1.82, 2.24) is 0 Å². The number of fused-ring (bicyclic) bond motifs is 3. The van der Waals surface area contributed by atoms with Crippen LogP contribution in [-0.4, -0.2) is 63.9 Å². The third kappa shape index (κ3) is 4.95. The molecule has 0 radical (unpaired) electrons. The Morgan fingerprint density at radius 1 is 0.918 bits per heavy atom. The second-order valence-corrected chi connectivity index (χ2v) is 15.2. The van der Waals surface area contributed by atoms with Crippen molar-refractivity contribution in [2.75, 3.05) is 6.61 Å². The molecule has 0 amide bonds. The molecule has 2 fully saturated rings. The predicted molar refractivity (Wildman–Crippen MR) is 180 cm³/mol. The molecule has 2 saturated carbocycles. The van der Waals surface area contributed by atoms with Crippen molar-refractivity contribution >= 4 is 23.7 Å². The van der Waals surface area contributed by atoms with Crippen LogP contribution in [0.25, 0.3) is 0 Å². The van der Waals surface area contributed by atoms with Crippen molar-refractivity contribution < 1.29 is 43.6 Å². The summed E-state index contributed by atoms with van der Waals surface area (Å²) < 4.78 is 18.4. The lowest BCUT2D eigenvalue weighted by atomic mass is 9.59. The standard InChI is InChI=1S/C40H46O9/c1-22(2)26(6)34(43)48-33-24(4)19-38-25(5)20-39(49-36(45)28-16-12-9-13-17-28)30(29(32(38)42)18-23(3)31(41)40(33,38)46)37(39,7)21-47-35(44)27-14-10-8-11-15-27/h8-19,22,25-26,29-31,33,41,46H,20-21H2,1-7H3/t25-,26?,29+,30-,31-,33+,37+,38+,39+,40+/m1/s1. The van der Waals surface area contributed by atoms with Crippen LogP contribution in [0.15, 0.2) is 84.0 Å². The van der Waals surface area contributed by atoms with Gasteiger partial charge < -0.3 is 24.4 Å². The van der Waals surface area contributed by atoms with E-state index in [2.05, 4.69) is 0 Å². The largest absolute Gasteiger partial charge is 0.461 e. The summed E-state index contributed by atoms with van der Waals surface area (Å²) in [6, 6.07) is 17.1. The van der Waals surface area contributed by atoms with Gasteiger partial charge in [0.15, 0.2) is 17.5 Å². The Bertz CT molecular complexity index is 1730. The van der Waals surface area contributed by atoms with Crippen molar-refractivity contribution in [3.8, 4) is 0 Å². The van der Waals surface area contributed by atoms with E-state index < -0.39 is 75.8 Å². The minimum Gasteiger partial charge on any atom is -0.461 e. The molecule has 0 saturated heterocycles. The molecule has 1 spiro atoms. The summed E-state index contributed by atoms with van der Waals surface area (Å²) >= 11 is 0. The number of allylic oxidation sites excluding steroid dienone is 1. The highest BCUT2D eigenvalue weighted by Gasteiger charge is 2.85. The second kappa shape index (κ2) is 12.1. The lowest BCUT2D eigenvalue weighted by molar-refractivity contribution is -0.206. The summed E-state index contributed by atoms with van der Waals surface area (Å²) in [6.07, 6.45) is 0.588. The number of aliphatic hydroxyl groups is 2. The average Bonchev–Trinajstić information content (AvgIpc) is 3.53. The number of Topliss-reactive ketones (excluding diaryl/α,β-unsaturated/α-hetero) is 1. The van der Waals surface area contributed by atoms with Crippen LogP contribution in [0.4, 0.5) is 0 Å². The van der Waals surface area contributed by atoms with E-state index in [0.717, 1.165) is 0 Å². The summed E-state index contributed by atoms with van der Waals surface area (Å²) in [5.74, 6) is -4.88. The molecule has 1 unspecified atom stereocenters. The van der Waals surface area contributed by atoms with E-state index in [1.807, 2.05) is 20.8 Å². The monoisotopic (exact) mass is 670 g/mol. The first-order valence-electron chi connectivity index (χ1n) is 17.1. The van der Waals surface area contributed by atoms with Crippen LogP contribution in [0, 0.1) is 40.4 Å². The third-order valence-corrected chi connectivity index (χ3v) is 12.2. The fourth-order valence-electron chi connectivity index (χ4n) is 9.06. The number of ketones is 1. The van der Waals surface area contributed by atoms with Gasteiger partial charge in [-0.2, -0.15) is 0 Å². The van der Waals surface area contributed by atoms with Crippen LogP contribution in [-0.2, 0) is 23.8 Å². The van der Waals surface area contributed by atoms with Crippen molar-refractivity contribution in [2.24, 2.45) is 40.4 Å². The molecule has 0 aromatic heterocycles. The van der Waals surface area contributed by atoms with Gasteiger partial charge in [-0.15, -0.1) is 0 Å². The maximum atomic E-state index is 15.2. The molecule has 4 aliphatic rings. The SMILES string of the molecule is CC1=C[C@@H]2C(=O)[C@]3(C=C(C)[C@H](OC(=O)C(C)C(C)C)[C@@]3(O)[C@@H]1O)[C@H](C)C[C@]1(OC(=O)c3ccccc3)[C@H]2[C@]1(C)COC(=O)c1ccccc1. The molecule has 4 aliphatic carbocycles. The Labute approximate surface area is 287 Å². The molecular formula is C40H46O9. The molecule has 2 bridgehead atoms. The van der Waals surface area contributed by atoms with E-state index in [-0.39, 0.29) is 24.7 Å². The molecule has 0 heterocycles. The van der Waals surface area contributed by atoms with Crippen LogP contribution >= 0.6 is 0 Å². The highest BCUT2D eigenvalue weighted by Crippen LogP contribution is 2.75. The number of hydrogen-bond donors (Lipinski definition) is 2. The van der Waals surface area contributed by atoms with Gasteiger partial charge in [-0.25, -0.2) is 9.59 Å². The molecule has 260 valence electrons. The molecule has 2 N–H and O–H groups in total. The number of carbonyl (C=O) groups excluding carboxylic acids is 4. The van der Waals surface area contributed by atoms with E-state index in [1.165, 1.54) is 0 Å². The Kier molecular flexibility index (Phi) is 8.56. The fraction of sp³-hybridized carbons (Fsp3) is 0.500. The number of esters is 3. The lowest BCUT2D eigenvalue weighted by Crippen LogP contribution is -2.65. The van der Waals surface area contributed by atoms with Gasteiger partial charge in [0.1, 0.15) is 18.3 Å².